The summed E-state index contributed by atoms with van der Waals surface area (Å²) >= 11 is 2.22. The van der Waals surface area contributed by atoms with Gasteiger partial charge in [0.05, 0.1) is 23.9 Å². The molecule has 0 aliphatic heterocycles. The zero-order chi connectivity index (χ0) is 26.8. The Morgan fingerprint density at radius 2 is 1.51 bits per heavy atom. The quantitative estimate of drug-likeness (QED) is 0.111. The second kappa shape index (κ2) is 13.8. The predicted molar refractivity (Wildman–Crippen MR) is 147 cm³/mol. The molecule has 0 amide bonds. The molecule has 37 heavy (non-hydrogen) atoms. The summed E-state index contributed by atoms with van der Waals surface area (Å²) in [5.41, 5.74) is 3.53. The Hall–Kier alpha value is -3.31. The summed E-state index contributed by atoms with van der Waals surface area (Å²) in [6.07, 6.45) is -0.396. The van der Waals surface area contributed by atoms with Gasteiger partial charge in [0.2, 0.25) is 0 Å². The van der Waals surface area contributed by atoms with Crippen LogP contribution in [0.1, 0.15) is 36.8 Å². The van der Waals surface area contributed by atoms with Gasteiger partial charge in [0.1, 0.15) is 6.10 Å². The molecule has 0 bridgehead atoms. The van der Waals surface area contributed by atoms with E-state index in [0.717, 1.165) is 25.8 Å². The van der Waals surface area contributed by atoms with E-state index in [2.05, 4.69) is 22.6 Å². The highest BCUT2D eigenvalue weighted by atomic mass is 127. The highest BCUT2D eigenvalue weighted by Crippen LogP contribution is 2.25. The molecule has 0 fully saturated rings. The first-order valence-electron chi connectivity index (χ1n) is 11.9. The number of carboxylic acid groups (broad SMARTS) is 1. The number of nitro benzene ring substituents is 1. The number of hydrogen-bond donors (Lipinski definition) is 2. The lowest BCUT2D eigenvalue weighted by Gasteiger charge is -2.18. The number of esters is 1. The SMILES string of the molecule is O=C(O)CC(CCc1ccc(-c2cccc([N+](=O)[O-])c2)cc1)OC(=O)CC(O)CCc1ccc(I)cc1. The summed E-state index contributed by atoms with van der Waals surface area (Å²) in [6, 6.07) is 21.7. The van der Waals surface area contributed by atoms with Crippen LogP contribution in [0.4, 0.5) is 5.69 Å². The van der Waals surface area contributed by atoms with Crippen molar-refractivity contribution >= 4 is 40.2 Å². The largest absolute Gasteiger partial charge is 0.481 e. The van der Waals surface area contributed by atoms with E-state index in [4.69, 9.17) is 4.74 Å². The molecule has 0 saturated heterocycles. The van der Waals surface area contributed by atoms with Crippen LogP contribution in [0, 0.1) is 13.7 Å². The number of rotatable bonds is 13. The third-order valence-corrected chi connectivity index (χ3v) is 6.60. The van der Waals surface area contributed by atoms with Crippen LogP contribution in [-0.2, 0) is 27.2 Å². The molecule has 9 heteroatoms. The van der Waals surface area contributed by atoms with Crippen LogP contribution in [0.2, 0.25) is 0 Å². The summed E-state index contributed by atoms with van der Waals surface area (Å²) in [6.45, 7) is 0. The van der Waals surface area contributed by atoms with E-state index in [0.29, 0.717) is 25.7 Å². The molecule has 0 spiro atoms. The van der Waals surface area contributed by atoms with E-state index in [-0.39, 0.29) is 18.5 Å². The molecule has 3 aromatic carbocycles. The minimum absolute atomic E-state index is 0.0138. The first-order valence-corrected chi connectivity index (χ1v) is 12.9. The van der Waals surface area contributed by atoms with Crippen LogP contribution < -0.4 is 0 Å². The normalized spacial score (nSPS) is 12.5. The number of non-ortho nitro benzene ring substituents is 1. The molecule has 0 radical (unpaired) electrons. The highest BCUT2D eigenvalue weighted by molar-refractivity contribution is 14.1. The van der Waals surface area contributed by atoms with Gasteiger partial charge in [-0.05, 0) is 82.7 Å². The molecule has 0 aromatic heterocycles. The van der Waals surface area contributed by atoms with Crippen molar-refractivity contribution in [1.29, 1.82) is 0 Å². The predicted octanol–water partition coefficient (Wildman–Crippen LogP) is 5.57. The maximum Gasteiger partial charge on any atom is 0.308 e. The maximum absolute atomic E-state index is 12.4. The van der Waals surface area contributed by atoms with E-state index >= 15 is 0 Å². The number of carbonyl (C=O) groups is 2. The second-order valence-corrected chi connectivity index (χ2v) is 10.0. The van der Waals surface area contributed by atoms with Crippen LogP contribution in [0.25, 0.3) is 11.1 Å². The molecule has 0 aliphatic carbocycles. The third-order valence-electron chi connectivity index (χ3n) is 5.88. The lowest BCUT2D eigenvalue weighted by atomic mass is 10.00. The molecule has 3 aromatic rings. The molecule has 2 N–H and O–H groups in total. The second-order valence-electron chi connectivity index (χ2n) is 8.78. The summed E-state index contributed by atoms with van der Waals surface area (Å²) in [5, 5.41) is 30.5. The minimum Gasteiger partial charge on any atom is -0.481 e. The first kappa shape index (κ1) is 28.3. The van der Waals surface area contributed by atoms with Crippen LogP contribution >= 0.6 is 22.6 Å². The molecule has 194 valence electrons. The van der Waals surface area contributed by atoms with Gasteiger partial charge in [0, 0.05) is 15.7 Å². The van der Waals surface area contributed by atoms with E-state index in [9.17, 15) is 29.9 Å². The molecule has 0 heterocycles. The van der Waals surface area contributed by atoms with Crippen molar-refractivity contribution in [3.05, 3.63) is 97.6 Å². The van der Waals surface area contributed by atoms with Crippen molar-refractivity contribution < 1.29 is 29.5 Å². The maximum atomic E-state index is 12.4. The molecule has 2 unspecified atom stereocenters. The molecule has 0 saturated carbocycles. The van der Waals surface area contributed by atoms with Crippen LogP contribution in [0.15, 0.2) is 72.8 Å². The monoisotopic (exact) mass is 617 g/mol. The Bertz CT molecular complexity index is 1210. The van der Waals surface area contributed by atoms with Crippen molar-refractivity contribution in [2.24, 2.45) is 0 Å². The summed E-state index contributed by atoms with van der Waals surface area (Å²) in [5.74, 6) is -1.69. The Kier molecular flexibility index (Phi) is 10.6. The number of carbonyl (C=O) groups excluding carboxylic acids is 1. The van der Waals surface area contributed by atoms with Crippen LogP contribution in [-0.4, -0.2) is 39.3 Å². The Morgan fingerprint density at radius 1 is 0.892 bits per heavy atom. The Morgan fingerprint density at radius 3 is 2.14 bits per heavy atom. The number of aryl methyl sites for hydroxylation is 2. The van der Waals surface area contributed by atoms with Crippen molar-refractivity contribution in [2.45, 2.75) is 50.7 Å². The van der Waals surface area contributed by atoms with Gasteiger partial charge in [-0.2, -0.15) is 0 Å². The molecule has 0 aliphatic rings. The summed E-state index contributed by atoms with van der Waals surface area (Å²) in [4.78, 5) is 34.2. The fraction of sp³-hybridized carbons (Fsp3) is 0.286. The summed E-state index contributed by atoms with van der Waals surface area (Å²) < 4.78 is 6.52. The molecule has 2 atom stereocenters. The smallest absolute Gasteiger partial charge is 0.308 e. The zero-order valence-electron chi connectivity index (χ0n) is 20.1. The molecular weight excluding hydrogens is 589 g/mol. The van der Waals surface area contributed by atoms with E-state index in [1.54, 1.807) is 12.1 Å². The lowest BCUT2D eigenvalue weighted by molar-refractivity contribution is -0.384. The zero-order valence-corrected chi connectivity index (χ0v) is 22.2. The minimum atomic E-state index is -1.07. The van der Waals surface area contributed by atoms with Gasteiger partial charge in [-0.25, -0.2) is 0 Å². The van der Waals surface area contributed by atoms with Gasteiger partial charge in [-0.15, -0.1) is 0 Å². The number of aliphatic hydroxyl groups excluding tert-OH is 1. The molecule has 8 nitrogen and oxygen atoms in total. The first-order chi connectivity index (χ1) is 17.7. The van der Waals surface area contributed by atoms with Gasteiger partial charge >= 0.3 is 11.9 Å². The fourth-order valence-electron chi connectivity index (χ4n) is 3.90. The van der Waals surface area contributed by atoms with Gasteiger partial charge in [0.25, 0.3) is 5.69 Å². The number of benzene rings is 3. The number of hydrogen-bond acceptors (Lipinski definition) is 6. The average molecular weight is 617 g/mol. The van der Waals surface area contributed by atoms with Crippen LogP contribution in [0.3, 0.4) is 0 Å². The highest BCUT2D eigenvalue weighted by Gasteiger charge is 2.20. The standard InChI is InChI=1S/C28H28INO7/c29-23-12-6-20(7-13-23)8-14-25(31)17-28(34)37-26(18-27(32)33)15-9-19-4-10-21(11-5-19)22-2-1-3-24(16-22)30(35)36/h1-7,10-13,16,25-26,31H,8-9,14-15,17-18H2,(H,32,33). The van der Waals surface area contributed by atoms with Crippen molar-refractivity contribution in [1.82, 2.24) is 0 Å². The Balaban J connectivity index is 1.51. The van der Waals surface area contributed by atoms with E-state index in [1.807, 2.05) is 48.5 Å². The van der Waals surface area contributed by atoms with E-state index in [1.165, 1.54) is 12.1 Å². The van der Waals surface area contributed by atoms with Gasteiger partial charge in [-0.3, -0.25) is 19.7 Å². The van der Waals surface area contributed by atoms with Gasteiger partial charge in [-0.1, -0.05) is 48.5 Å². The van der Waals surface area contributed by atoms with Crippen molar-refractivity contribution in [3.8, 4) is 11.1 Å². The third kappa shape index (κ3) is 9.58. The van der Waals surface area contributed by atoms with Crippen molar-refractivity contribution in [2.75, 3.05) is 0 Å². The lowest BCUT2D eigenvalue weighted by Crippen LogP contribution is -2.25. The number of aliphatic hydroxyl groups is 1. The summed E-state index contributed by atoms with van der Waals surface area (Å²) in [7, 11) is 0. The Labute approximate surface area is 228 Å². The number of carboxylic acids is 1. The number of aliphatic carboxylic acids is 1. The number of halogens is 1. The molecular formula is C28H28INO7. The molecule has 3 rings (SSSR count). The average Bonchev–Trinajstić information content (AvgIpc) is 2.87. The topological polar surface area (TPSA) is 127 Å². The number of ether oxygens (including phenoxy) is 1. The van der Waals surface area contributed by atoms with Gasteiger partial charge < -0.3 is 14.9 Å². The number of nitrogens with zero attached hydrogens (tertiary/aromatic N) is 1. The van der Waals surface area contributed by atoms with E-state index < -0.39 is 29.1 Å². The van der Waals surface area contributed by atoms with Gasteiger partial charge in [0.15, 0.2) is 0 Å². The van der Waals surface area contributed by atoms with Crippen molar-refractivity contribution in [3.63, 3.8) is 0 Å². The number of nitro groups is 1. The fourth-order valence-corrected chi connectivity index (χ4v) is 4.26. The van der Waals surface area contributed by atoms with Crippen LogP contribution in [0.5, 0.6) is 0 Å².